The number of aromatic hydroxyl groups is 1. The lowest BCUT2D eigenvalue weighted by Crippen LogP contribution is -2.02. The van der Waals surface area contributed by atoms with Crippen LogP contribution in [0.1, 0.15) is 21.5 Å². The summed E-state index contributed by atoms with van der Waals surface area (Å²) in [7, 11) is 1.54. The number of ether oxygens (including phenoxy) is 1. The van der Waals surface area contributed by atoms with E-state index in [9.17, 15) is 9.90 Å². The molecule has 2 aromatic carbocycles. The van der Waals surface area contributed by atoms with Gasteiger partial charge in [0.1, 0.15) is 11.5 Å². The molecule has 92 valence electrons. The van der Waals surface area contributed by atoms with Gasteiger partial charge in [-0.15, -0.1) is 0 Å². The zero-order chi connectivity index (χ0) is 13.1. The maximum Gasteiger partial charge on any atom is 0.196 e. The van der Waals surface area contributed by atoms with Crippen LogP contribution in [0.2, 0.25) is 0 Å². The van der Waals surface area contributed by atoms with E-state index in [1.54, 1.807) is 30.3 Å². The molecule has 2 rings (SSSR count). The average molecular weight is 242 g/mol. The lowest BCUT2D eigenvalue weighted by Gasteiger charge is -2.09. The fraction of sp³-hybridized carbons (Fsp3) is 0.133. The molecule has 0 saturated carbocycles. The second-order valence-electron chi connectivity index (χ2n) is 4.03. The first-order valence-corrected chi connectivity index (χ1v) is 5.61. The summed E-state index contributed by atoms with van der Waals surface area (Å²) in [5, 5.41) is 9.87. The van der Waals surface area contributed by atoms with Crippen LogP contribution < -0.4 is 4.74 Å². The highest BCUT2D eigenvalue weighted by atomic mass is 16.5. The van der Waals surface area contributed by atoms with Crippen molar-refractivity contribution in [2.45, 2.75) is 6.92 Å². The minimum absolute atomic E-state index is 0.0258. The largest absolute Gasteiger partial charge is 0.507 e. The van der Waals surface area contributed by atoms with E-state index >= 15 is 0 Å². The summed E-state index contributed by atoms with van der Waals surface area (Å²) in [5.74, 6) is 0.348. The molecule has 0 heterocycles. The first-order chi connectivity index (χ1) is 8.63. The van der Waals surface area contributed by atoms with E-state index in [0.717, 1.165) is 5.56 Å². The summed E-state index contributed by atoms with van der Waals surface area (Å²) in [6.07, 6.45) is 0. The fourth-order valence-corrected chi connectivity index (χ4v) is 1.82. The molecule has 0 unspecified atom stereocenters. The van der Waals surface area contributed by atoms with Crippen LogP contribution in [0.15, 0.2) is 42.5 Å². The van der Waals surface area contributed by atoms with Gasteiger partial charge in [-0.05, 0) is 24.6 Å². The molecule has 3 heteroatoms. The van der Waals surface area contributed by atoms with Crippen molar-refractivity contribution in [2.75, 3.05) is 7.11 Å². The number of aryl methyl sites for hydroxylation is 1. The highest BCUT2D eigenvalue weighted by Crippen LogP contribution is 2.29. The SMILES string of the molecule is COc1cc(C(=O)c2ccccc2)c(O)cc1C. The smallest absolute Gasteiger partial charge is 0.196 e. The number of ketones is 1. The monoisotopic (exact) mass is 242 g/mol. The number of phenols is 1. The third kappa shape index (κ3) is 2.20. The number of hydrogen-bond donors (Lipinski definition) is 1. The van der Waals surface area contributed by atoms with Gasteiger partial charge in [0.2, 0.25) is 0 Å². The number of methoxy groups -OCH3 is 1. The standard InChI is InChI=1S/C15H14O3/c1-10-8-13(16)12(9-14(10)18-2)15(17)11-6-4-3-5-7-11/h3-9,16H,1-2H3. The Morgan fingerprint density at radius 1 is 1.17 bits per heavy atom. The molecule has 2 aromatic rings. The highest BCUT2D eigenvalue weighted by molar-refractivity contribution is 6.10. The van der Waals surface area contributed by atoms with Crippen molar-refractivity contribution in [1.82, 2.24) is 0 Å². The Kier molecular flexibility index (Phi) is 3.33. The molecule has 0 aliphatic carbocycles. The van der Waals surface area contributed by atoms with E-state index in [2.05, 4.69) is 0 Å². The third-order valence-corrected chi connectivity index (χ3v) is 2.79. The van der Waals surface area contributed by atoms with E-state index < -0.39 is 0 Å². The van der Waals surface area contributed by atoms with Crippen LogP contribution in [0.5, 0.6) is 11.5 Å². The van der Waals surface area contributed by atoms with Crippen LogP contribution in [0, 0.1) is 6.92 Å². The maximum absolute atomic E-state index is 12.2. The first-order valence-electron chi connectivity index (χ1n) is 5.61. The zero-order valence-corrected chi connectivity index (χ0v) is 10.3. The molecule has 0 atom stereocenters. The predicted molar refractivity (Wildman–Crippen MR) is 69.3 cm³/mol. The van der Waals surface area contributed by atoms with Crippen LogP contribution in [0.4, 0.5) is 0 Å². The van der Waals surface area contributed by atoms with Gasteiger partial charge < -0.3 is 9.84 Å². The maximum atomic E-state index is 12.2. The van der Waals surface area contributed by atoms with Crippen molar-refractivity contribution in [3.8, 4) is 11.5 Å². The summed E-state index contributed by atoms with van der Waals surface area (Å²) < 4.78 is 5.16. The Morgan fingerprint density at radius 3 is 2.44 bits per heavy atom. The number of phenolic OH excluding ortho intramolecular Hbond substituents is 1. The Bertz CT molecular complexity index is 574. The minimum Gasteiger partial charge on any atom is -0.507 e. The normalized spacial score (nSPS) is 10.1. The number of carbonyl (C=O) groups excluding carboxylic acids is 1. The van der Waals surface area contributed by atoms with Gasteiger partial charge in [0, 0.05) is 5.56 Å². The lowest BCUT2D eigenvalue weighted by atomic mass is 10.0. The number of rotatable bonds is 3. The van der Waals surface area contributed by atoms with Gasteiger partial charge in [-0.1, -0.05) is 30.3 Å². The second kappa shape index (κ2) is 4.92. The van der Waals surface area contributed by atoms with E-state index in [0.29, 0.717) is 11.3 Å². The van der Waals surface area contributed by atoms with Crippen molar-refractivity contribution >= 4 is 5.78 Å². The highest BCUT2D eigenvalue weighted by Gasteiger charge is 2.15. The topological polar surface area (TPSA) is 46.5 Å². The fourth-order valence-electron chi connectivity index (χ4n) is 1.82. The Labute approximate surface area is 106 Å². The van der Waals surface area contributed by atoms with Crippen LogP contribution in [-0.4, -0.2) is 18.0 Å². The number of hydrogen-bond acceptors (Lipinski definition) is 3. The Morgan fingerprint density at radius 2 is 1.83 bits per heavy atom. The molecule has 0 aliphatic rings. The average Bonchev–Trinajstić information content (AvgIpc) is 2.39. The predicted octanol–water partition coefficient (Wildman–Crippen LogP) is 2.94. The molecule has 0 bridgehead atoms. The molecule has 0 spiro atoms. The molecule has 0 aliphatic heterocycles. The van der Waals surface area contributed by atoms with E-state index in [1.165, 1.54) is 13.2 Å². The summed E-state index contributed by atoms with van der Waals surface area (Å²) in [6.45, 7) is 1.81. The van der Waals surface area contributed by atoms with Crippen molar-refractivity contribution in [3.63, 3.8) is 0 Å². The van der Waals surface area contributed by atoms with Crippen molar-refractivity contribution in [3.05, 3.63) is 59.2 Å². The van der Waals surface area contributed by atoms with Gasteiger partial charge in [-0.3, -0.25) is 4.79 Å². The Balaban J connectivity index is 2.48. The molecule has 0 saturated heterocycles. The zero-order valence-electron chi connectivity index (χ0n) is 10.3. The van der Waals surface area contributed by atoms with E-state index in [4.69, 9.17) is 4.74 Å². The van der Waals surface area contributed by atoms with Gasteiger partial charge in [-0.25, -0.2) is 0 Å². The van der Waals surface area contributed by atoms with Crippen LogP contribution in [0.25, 0.3) is 0 Å². The summed E-state index contributed by atoms with van der Waals surface area (Å²) in [5.41, 5.74) is 1.59. The van der Waals surface area contributed by atoms with E-state index in [-0.39, 0.29) is 17.1 Å². The van der Waals surface area contributed by atoms with Crippen molar-refractivity contribution in [1.29, 1.82) is 0 Å². The third-order valence-electron chi connectivity index (χ3n) is 2.79. The molecule has 0 radical (unpaired) electrons. The first kappa shape index (κ1) is 12.2. The van der Waals surface area contributed by atoms with Gasteiger partial charge in [0.05, 0.1) is 12.7 Å². The van der Waals surface area contributed by atoms with Crippen molar-refractivity contribution < 1.29 is 14.6 Å². The number of carbonyl (C=O) groups is 1. The van der Waals surface area contributed by atoms with Crippen molar-refractivity contribution in [2.24, 2.45) is 0 Å². The van der Waals surface area contributed by atoms with E-state index in [1.807, 2.05) is 13.0 Å². The Hall–Kier alpha value is -2.29. The summed E-state index contributed by atoms with van der Waals surface area (Å²) in [4.78, 5) is 12.2. The molecule has 18 heavy (non-hydrogen) atoms. The van der Waals surface area contributed by atoms with Crippen LogP contribution >= 0.6 is 0 Å². The molecule has 0 amide bonds. The van der Waals surface area contributed by atoms with Crippen LogP contribution in [-0.2, 0) is 0 Å². The quantitative estimate of drug-likeness (QED) is 0.842. The molecule has 1 N–H and O–H groups in total. The molecular formula is C15H14O3. The van der Waals surface area contributed by atoms with Gasteiger partial charge in [0.25, 0.3) is 0 Å². The number of benzene rings is 2. The lowest BCUT2D eigenvalue weighted by molar-refractivity contribution is 0.103. The molecule has 3 nitrogen and oxygen atoms in total. The van der Waals surface area contributed by atoms with Gasteiger partial charge >= 0.3 is 0 Å². The minimum atomic E-state index is -0.216. The molecule has 0 aromatic heterocycles. The molecule has 0 fully saturated rings. The van der Waals surface area contributed by atoms with Gasteiger partial charge in [-0.2, -0.15) is 0 Å². The van der Waals surface area contributed by atoms with Gasteiger partial charge in [0.15, 0.2) is 5.78 Å². The molecular weight excluding hydrogens is 228 g/mol. The summed E-state index contributed by atoms with van der Waals surface area (Å²) in [6, 6.07) is 12.0. The summed E-state index contributed by atoms with van der Waals surface area (Å²) >= 11 is 0. The second-order valence-corrected chi connectivity index (χ2v) is 4.03. The van der Waals surface area contributed by atoms with Crippen LogP contribution in [0.3, 0.4) is 0 Å².